The van der Waals surface area contributed by atoms with Crippen molar-refractivity contribution in [3.63, 3.8) is 0 Å². The van der Waals surface area contributed by atoms with Gasteiger partial charge in [-0.05, 0) is 56.2 Å². The van der Waals surface area contributed by atoms with Crippen LogP contribution in [0, 0.1) is 0 Å². The molecule has 0 atom stereocenters. The van der Waals surface area contributed by atoms with Gasteiger partial charge in [0.05, 0.1) is 10.9 Å². The van der Waals surface area contributed by atoms with Crippen molar-refractivity contribution in [3.8, 4) is 0 Å². The van der Waals surface area contributed by atoms with Crippen molar-refractivity contribution in [2.75, 3.05) is 0 Å². The third-order valence-electron chi connectivity index (χ3n) is 4.41. The summed E-state index contributed by atoms with van der Waals surface area (Å²) in [4.78, 5) is 13.0. The highest BCUT2D eigenvalue weighted by atomic mass is 32.2. The Morgan fingerprint density at radius 1 is 0.767 bits per heavy atom. The maximum atomic E-state index is 12.9. The molecule has 2 N–H and O–H groups in total. The molecule has 5 nitrogen and oxygen atoms in total. The lowest BCUT2D eigenvalue weighted by atomic mass is 9.98. The first-order valence-electron chi connectivity index (χ1n) is 9.70. The zero-order valence-electron chi connectivity index (χ0n) is 17.3. The van der Waals surface area contributed by atoms with Crippen LogP contribution in [0.1, 0.15) is 48.3 Å². The highest BCUT2D eigenvalue weighted by Gasteiger charge is 2.23. The van der Waals surface area contributed by atoms with E-state index in [2.05, 4.69) is 10.0 Å². The molecule has 0 heterocycles. The molecule has 0 radical (unpaired) electrons. The van der Waals surface area contributed by atoms with Gasteiger partial charge in [0.25, 0.3) is 5.91 Å². The van der Waals surface area contributed by atoms with Gasteiger partial charge in [0.2, 0.25) is 10.0 Å². The van der Waals surface area contributed by atoms with Gasteiger partial charge < -0.3 is 5.32 Å². The third-order valence-corrected chi connectivity index (χ3v) is 6.18. The van der Waals surface area contributed by atoms with E-state index in [1.54, 1.807) is 20.8 Å². The fourth-order valence-electron chi connectivity index (χ4n) is 3.11. The number of nitrogens with one attached hydrogen (secondary N) is 2. The molecule has 3 aromatic rings. The topological polar surface area (TPSA) is 75.3 Å². The molecule has 3 aromatic carbocycles. The zero-order chi connectivity index (χ0) is 21.8. The molecule has 6 heteroatoms. The van der Waals surface area contributed by atoms with Crippen LogP contribution < -0.4 is 10.0 Å². The lowest BCUT2D eigenvalue weighted by Gasteiger charge is -2.21. The molecule has 0 bridgehead atoms. The molecule has 0 aliphatic carbocycles. The number of rotatable bonds is 6. The summed E-state index contributed by atoms with van der Waals surface area (Å²) in [5, 5.41) is 3.06. The molecule has 0 unspecified atom stereocenters. The first-order chi connectivity index (χ1) is 14.2. The first kappa shape index (κ1) is 21.7. The second-order valence-electron chi connectivity index (χ2n) is 8.11. The number of hydrogen-bond acceptors (Lipinski definition) is 3. The lowest BCUT2D eigenvalue weighted by molar-refractivity contribution is 0.0943. The number of amides is 1. The Balaban J connectivity index is 1.83. The quantitative estimate of drug-likeness (QED) is 0.622. The number of sulfonamides is 1. The number of benzene rings is 3. The summed E-state index contributed by atoms with van der Waals surface area (Å²) in [5.74, 6) is -0.277. The van der Waals surface area contributed by atoms with E-state index in [4.69, 9.17) is 0 Å². The highest BCUT2D eigenvalue weighted by molar-refractivity contribution is 7.89. The minimum absolute atomic E-state index is 0.122. The summed E-state index contributed by atoms with van der Waals surface area (Å²) in [6.07, 6.45) is 0. The van der Waals surface area contributed by atoms with E-state index in [0.717, 1.165) is 11.1 Å². The van der Waals surface area contributed by atoms with Gasteiger partial charge in [0.1, 0.15) is 0 Å². The van der Waals surface area contributed by atoms with Crippen molar-refractivity contribution >= 4 is 15.9 Å². The van der Waals surface area contributed by atoms with Gasteiger partial charge in [0, 0.05) is 11.1 Å². The van der Waals surface area contributed by atoms with E-state index in [1.165, 1.54) is 24.3 Å². The fourth-order valence-corrected chi connectivity index (χ4v) is 4.53. The van der Waals surface area contributed by atoms with Crippen LogP contribution in [0.25, 0.3) is 0 Å². The van der Waals surface area contributed by atoms with Crippen LogP contribution in [-0.4, -0.2) is 19.9 Å². The van der Waals surface area contributed by atoms with E-state index in [1.807, 2.05) is 60.7 Å². The van der Waals surface area contributed by atoms with Gasteiger partial charge in [0.15, 0.2) is 0 Å². The Bertz CT molecular complexity index is 1050. The van der Waals surface area contributed by atoms with Gasteiger partial charge in [-0.15, -0.1) is 0 Å². The van der Waals surface area contributed by atoms with E-state index in [9.17, 15) is 13.2 Å². The van der Waals surface area contributed by atoms with Gasteiger partial charge in [-0.1, -0.05) is 60.7 Å². The maximum Gasteiger partial charge on any atom is 0.252 e. The van der Waals surface area contributed by atoms with Crippen molar-refractivity contribution in [1.29, 1.82) is 0 Å². The molecule has 0 aliphatic rings. The summed E-state index contributed by atoms with van der Waals surface area (Å²) < 4.78 is 27.5. The van der Waals surface area contributed by atoms with Crippen LogP contribution in [0.4, 0.5) is 0 Å². The van der Waals surface area contributed by atoms with Crippen LogP contribution in [0.15, 0.2) is 89.8 Å². The largest absolute Gasteiger partial charge is 0.341 e. The predicted molar refractivity (Wildman–Crippen MR) is 119 cm³/mol. The zero-order valence-corrected chi connectivity index (χ0v) is 18.1. The molecule has 156 valence electrons. The van der Waals surface area contributed by atoms with Crippen molar-refractivity contribution in [2.45, 2.75) is 37.2 Å². The van der Waals surface area contributed by atoms with Crippen molar-refractivity contribution in [2.24, 2.45) is 0 Å². The maximum absolute atomic E-state index is 12.9. The summed E-state index contributed by atoms with van der Waals surface area (Å²) >= 11 is 0. The Morgan fingerprint density at radius 3 is 1.67 bits per heavy atom. The molecule has 0 aromatic heterocycles. The molecule has 0 saturated heterocycles. The normalized spacial score (nSPS) is 12.0. The minimum atomic E-state index is -3.65. The molecule has 0 saturated carbocycles. The Morgan fingerprint density at radius 2 is 1.23 bits per heavy atom. The van der Waals surface area contributed by atoms with Crippen LogP contribution in [0.5, 0.6) is 0 Å². The van der Waals surface area contributed by atoms with E-state index >= 15 is 0 Å². The summed E-state index contributed by atoms with van der Waals surface area (Å²) in [6.45, 7) is 5.33. The predicted octanol–water partition coefficient (Wildman–Crippen LogP) is 4.28. The van der Waals surface area contributed by atoms with E-state index in [0.29, 0.717) is 5.56 Å². The van der Waals surface area contributed by atoms with Gasteiger partial charge in [-0.25, -0.2) is 13.1 Å². The van der Waals surface area contributed by atoms with Crippen LogP contribution >= 0.6 is 0 Å². The second-order valence-corrected chi connectivity index (χ2v) is 9.79. The molecular formula is C24H26N2O3S. The summed E-state index contributed by atoms with van der Waals surface area (Å²) in [7, 11) is -3.65. The van der Waals surface area contributed by atoms with Crippen molar-refractivity contribution in [1.82, 2.24) is 10.0 Å². The average molecular weight is 423 g/mol. The minimum Gasteiger partial charge on any atom is -0.341 e. The highest BCUT2D eigenvalue weighted by Crippen LogP contribution is 2.22. The van der Waals surface area contributed by atoms with E-state index in [-0.39, 0.29) is 16.8 Å². The first-order valence-corrected chi connectivity index (χ1v) is 11.2. The summed E-state index contributed by atoms with van der Waals surface area (Å²) in [6, 6.07) is 25.1. The molecule has 3 rings (SSSR count). The fraction of sp³-hybridized carbons (Fsp3) is 0.208. The lowest BCUT2D eigenvalue weighted by Crippen LogP contribution is -2.40. The summed E-state index contributed by atoms with van der Waals surface area (Å²) in [5.41, 5.74) is 1.73. The van der Waals surface area contributed by atoms with Crippen LogP contribution in [0.3, 0.4) is 0 Å². The number of carbonyl (C=O) groups excluding carboxylic acids is 1. The number of hydrogen-bond donors (Lipinski definition) is 2. The monoisotopic (exact) mass is 422 g/mol. The molecule has 0 fully saturated rings. The van der Waals surface area contributed by atoms with Crippen molar-refractivity contribution in [3.05, 3.63) is 102 Å². The molecule has 1 amide bonds. The van der Waals surface area contributed by atoms with Crippen molar-refractivity contribution < 1.29 is 13.2 Å². The average Bonchev–Trinajstić information content (AvgIpc) is 2.71. The van der Waals surface area contributed by atoms with Crippen LogP contribution in [-0.2, 0) is 10.0 Å². The number of carbonyl (C=O) groups is 1. The van der Waals surface area contributed by atoms with Gasteiger partial charge >= 0.3 is 0 Å². The van der Waals surface area contributed by atoms with E-state index < -0.39 is 15.6 Å². The van der Waals surface area contributed by atoms with Gasteiger partial charge in [-0.3, -0.25) is 4.79 Å². The Labute approximate surface area is 178 Å². The van der Waals surface area contributed by atoms with Crippen LogP contribution in [0.2, 0.25) is 0 Å². The standard InChI is InChI=1S/C24H26N2O3S/c1-24(2,3)26-30(28,29)21-16-14-20(15-17-21)23(27)25-22(18-10-6-4-7-11-18)19-12-8-5-9-13-19/h4-17,22,26H,1-3H3,(H,25,27). The second kappa shape index (κ2) is 8.81. The molecule has 30 heavy (non-hydrogen) atoms. The SMILES string of the molecule is CC(C)(C)NS(=O)(=O)c1ccc(C(=O)NC(c2ccccc2)c2ccccc2)cc1. The Kier molecular flexibility index (Phi) is 6.39. The molecule has 0 spiro atoms. The smallest absolute Gasteiger partial charge is 0.252 e. The van der Waals surface area contributed by atoms with Gasteiger partial charge in [-0.2, -0.15) is 0 Å². The molecule has 0 aliphatic heterocycles. The Hall–Kier alpha value is -2.96. The molecular weight excluding hydrogens is 396 g/mol. The third kappa shape index (κ3) is 5.55.